The van der Waals surface area contributed by atoms with Crippen LogP contribution in [0.2, 0.25) is 0 Å². The van der Waals surface area contributed by atoms with E-state index >= 15 is 0 Å². The number of piperidine rings is 1. The summed E-state index contributed by atoms with van der Waals surface area (Å²) in [4.78, 5) is 2.81. The van der Waals surface area contributed by atoms with Crippen LogP contribution in [0.3, 0.4) is 0 Å². The topological polar surface area (TPSA) is 15.3 Å². The fraction of sp³-hybridized carbons (Fsp3) is 1.00. The number of nitrogens with zero attached hydrogens (tertiary/aromatic N) is 1. The zero-order valence-electron chi connectivity index (χ0n) is 13.2. The largest absolute Gasteiger partial charge is 0.316 e. The molecule has 2 fully saturated rings. The number of hydrogen-bond donors (Lipinski definition) is 1. The molecule has 112 valence electrons. The molecule has 2 unspecified atom stereocenters. The number of thioether (sulfide) groups is 1. The zero-order chi connectivity index (χ0) is 13.9. The van der Waals surface area contributed by atoms with E-state index in [0.29, 0.717) is 11.5 Å². The average molecular weight is 285 g/mol. The van der Waals surface area contributed by atoms with Crippen molar-refractivity contribution in [1.29, 1.82) is 0 Å². The number of nitrogens with one attached hydrogen (secondary N) is 1. The molecule has 2 atom stereocenters. The lowest BCUT2D eigenvalue weighted by Crippen LogP contribution is -2.54. The molecule has 2 saturated heterocycles. The van der Waals surface area contributed by atoms with Gasteiger partial charge in [0.05, 0.1) is 0 Å². The molecule has 2 nitrogen and oxygen atoms in total. The van der Waals surface area contributed by atoms with Gasteiger partial charge in [0, 0.05) is 24.4 Å². The second-order valence-electron chi connectivity index (χ2n) is 7.33. The summed E-state index contributed by atoms with van der Waals surface area (Å²) in [6.07, 6.45) is 4.14. The molecule has 0 saturated carbocycles. The maximum atomic E-state index is 3.57. The molecule has 2 aliphatic rings. The SMILES string of the molecule is CC(C)N(CC1CCCNC1)C1CSCCC1(C)C. The fourth-order valence-corrected chi connectivity index (χ4v) is 5.25. The van der Waals surface area contributed by atoms with E-state index in [1.54, 1.807) is 0 Å². The van der Waals surface area contributed by atoms with Gasteiger partial charge in [-0.25, -0.2) is 0 Å². The van der Waals surface area contributed by atoms with Crippen LogP contribution in [0.25, 0.3) is 0 Å². The van der Waals surface area contributed by atoms with E-state index in [4.69, 9.17) is 0 Å². The molecule has 2 heterocycles. The van der Waals surface area contributed by atoms with E-state index in [2.05, 4.69) is 49.7 Å². The van der Waals surface area contributed by atoms with Gasteiger partial charge < -0.3 is 5.32 Å². The van der Waals surface area contributed by atoms with E-state index in [1.807, 2.05) is 0 Å². The summed E-state index contributed by atoms with van der Waals surface area (Å²) in [5.41, 5.74) is 0.484. The third-order valence-corrected chi connectivity index (χ3v) is 6.04. The van der Waals surface area contributed by atoms with Gasteiger partial charge in [-0.3, -0.25) is 4.90 Å². The van der Waals surface area contributed by atoms with E-state index in [9.17, 15) is 0 Å². The highest BCUT2D eigenvalue weighted by Gasteiger charge is 2.38. The van der Waals surface area contributed by atoms with Crippen molar-refractivity contribution in [2.24, 2.45) is 11.3 Å². The minimum atomic E-state index is 0.484. The van der Waals surface area contributed by atoms with Crippen LogP contribution in [0.4, 0.5) is 0 Å². The Bertz CT molecular complexity index is 272. The molecular formula is C16H32N2S. The average Bonchev–Trinajstić information content (AvgIpc) is 2.37. The third-order valence-electron chi connectivity index (χ3n) is 5.00. The molecule has 19 heavy (non-hydrogen) atoms. The van der Waals surface area contributed by atoms with Crippen LogP contribution in [-0.2, 0) is 0 Å². The van der Waals surface area contributed by atoms with E-state index < -0.39 is 0 Å². The first kappa shape index (κ1) is 15.7. The van der Waals surface area contributed by atoms with Crippen LogP contribution in [0.15, 0.2) is 0 Å². The second-order valence-corrected chi connectivity index (χ2v) is 8.48. The summed E-state index contributed by atoms with van der Waals surface area (Å²) in [5, 5.41) is 3.57. The minimum absolute atomic E-state index is 0.484. The molecule has 0 radical (unpaired) electrons. The quantitative estimate of drug-likeness (QED) is 0.853. The molecular weight excluding hydrogens is 252 g/mol. The van der Waals surface area contributed by atoms with Crippen molar-refractivity contribution in [3.8, 4) is 0 Å². The van der Waals surface area contributed by atoms with Gasteiger partial charge in [0.15, 0.2) is 0 Å². The predicted octanol–water partition coefficient (Wildman–Crippen LogP) is 3.23. The molecule has 2 rings (SSSR count). The van der Waals surface area contributed by atoms with E-state index in [1.165, 1.54) is 50.4 Å². The van der Waals surface area contributed by atoms with Crippen LogP contribution < -0.4 is 5.32 Å². The van der Waals surface area contributed by atoms with Crippen LogP contribution >= 0.6 is 11.8 Å². The zero-order valence-corrected chi connectivity index (χ0v) is 14.1. The van der Waals surface area contributed by atoms with E-state index in [0.717, 1.165) is 12.0 Å². The lowest BCUT2D eigenvalue weighted by Gasteiger charge is -2.48. The summed E-state index contributed by atoms with van der Waals surface area (Å²) >= 11 is 2.16. The van der Waals surface area contributed by atoms with Gasteiger partial charge in [-0.2, -0.15) is 11.8 Å². The molecule has 1 N–H and O–H groups in total. The van der Waals surface area contributed by atoms with Crippen LogP contribution in [0.5, 0.6) is 0 Å². The molecule has 0 bridgehead atoms. The van der Waals surface area contributed by atoms with Crippen molar-refractivity contribution in [3.05, 3.63) is 0 Å². The summed E-state index contributed by atoms with van der Waals surface area (Å²) in [6, 6.07) is 1.43. The Hall–Kier alpha value is 0.270. The molecule has 0 aromatic carbocycles. The molecule has 0 aromatic rings. The smallest absolute Gasteiger partial charge is 0.0240 e. The highest BCUT2D eigenvalue weighted by molar-refractivity contribution is 7.99. The van der Waals surface area contributed by atoms with Crippen molar-refractivity contribution in [2.45, 2.75) is 59.0 Å². The van der Waals surface area contributed by atoms with Gasteiger partial charge in [-0.15, -0.1) is 0 Å². The van der Waals surface area contributed by atoms with Crippen LogP contribution in [-0.4, -0.2) is 48.1 Å². The summed E-state index contributed by atoms with van der Waals surface area (Å²) in [7, 11) is 0. The van der Waals surface area contributed by atoms with E-state index in [-0.39, 0.29) is 0 Å². The van der Waals surface area contributed by atoms with Crippen molar-refractivity contribution in [2.75, 3.05) is 31.1 Å². The first-order valence-corrected chi connectivity index (χ1v) is 9.20. The first-order chi connectivity index (χ1) is 9.00. The monoisotopic (exact) mass is 284 g/mol. The van der Waals surface area contributed by atoms with Crippen molar-refractivity contribution in [3.63, 3.8) is 0 Å². The van der Waals surface area contributed by atoms with Gasteiger partial charge in [-0.1, -0.05) is 13.8 Å². The lowest BCUT2D eigenvalue weighted by atomic mass is 9.80. The highest BCUT2D eigenvalue weighted by atomic mass is 32.2. The van der Waals surface area contributed by atoms with Crippen molar-refractivity contribution < 1.29 is 0 Å². The Kier molecular flexibility index (Phi) is 5.62. The maximum absolute atomic E-state index is 3.57. The third kappa shape index (κ3) is 4.12. The van der Waals surface area contributed by atoms with Crippen molar-refractivity contribution in [1.82, 2.24) is 10.2 Å². The Morgan fingerprint density at radius 3 is 2.74 bits per heavy atom. The molecule has 0 spiro atoms. The van der Waals surface area contributed by atoms with Gasteiger partial charge in [-0.05, 0) is 63.3 Å². The van der Waals surface area contributed by atoms with Gasteiger partial charge in [0.2, 0.25) is 0 Å². The summed E-state index contributed by atoms with van der Waals surface area (Å²) in [6.45, 7) is 13.5. The fourth-order valence-electron chi connectivity index (χ4n) is 3.54. The Balaban J connectivity index is 2.01. The van der Waals surface area contributed by atoms with Crippen LogP contribution in [0.1, 0.15) is 47.0 Å². The van der Waals surface area contributed by atoms with Crippen LogP contribution in [0, 0.1) is 11.3 Å². The maximum Gasteiger partial charge on any atom is 0.0240 e. The molecule has 0 aliphatic carbocycles. The molecule has 0 aromatic heterocycles. The Labute approximate surface area is 124 Å². The summed E-state index contributed by atoms with van der Waals surface area (Å²) in [5.74, 6) is 3.53. The van der Waals surface area contributed by atoms with Gasteiger partial charge in [0.1, 0.15) is 0 Å². The Morgan fingerprint density at radius 2 is 2.16 bits per heavy atom. The lowest BCUT2D eigenvalue weighted by molar-refractivity contribution is 0.0517. The first-order valence-electron chi connectivity index (χ1n) is 8.05. The normalized spacial score (nSPS) is 31.9. The molecule has 2 aliphatic heterocycles. The Morgan fingerprint density at radius 1 is 1.37 bits per heavy atom. The summed E-state index contributed by atoms with van der Waals surface area (Å²) < 4.78 is 0. The standard InChI is InChI=1S/C16H32N2S/c1-13(2)18(11-14-6-5-8-17-10-14)15-12-19-9-7-16(15,3)4/h13-15,17H,5-12H2,1-4H3. The molecule has 0 amide bonds. The minimum Gasteiger partial charge on any atom is -0.316 e. The number of hydrogen-bond acceptors (Lipinski definition) is 3. The predicted molar refractivity (Wildman–Crippen MR) is 86.9 cm³/mol. The molecule has 3 heteroatoms. The highest BCUT2D eigenvalue weighted by Crippen LogP contribution is 2.38. The van der Waals surface area contributed by atoms with Gasteiger partial charge in [0.25, 0.3) is 0 Å². The van der Waals surface area contributed by atoms with Gasteiger partial charge >= 0.3 is 0 Å². The van der Waals surface area contributed by atoms with Crippen molar-refractivity contribution >= 4 is 11.8 Å². The second kappa shape index (κ2) is 6.82. The number of rotatable bonds is 4.